The van der Waals surface area contributed by atoms with Crippen LogP contribution in [0.25, 0.3) is 0 Å². The van der Waals surface area contributed by atoms with Crippen molar-refractivity contribution in [1.82, 2.24) is 15.1 Å². The van der Waals surface area contributed by atoms with E-state index in [-0.39, 0.29) is 0 Å². The molecule has 0 radical (unpaired) electrons. The number of nitrogens with zero attached hydrogens (tertiary/aromatic N) is 2. The molecule has 0 aliphatic carbocycles. The fraction of sp³-hybridized carbons (Fsp3) is 1.00. The molecule has 1 atom stereocenters. The highest BCUT2D eigenvalue weighted by Crippen LogP contribution is 2.11. The molecule has 1 N–H and O–H groups in total. The zero-order valence-electron chi connectivity index (χ0n) is 12.7. The van der Waals surface area contributed by atoms with Gasteiger partial charge in [-0.25, -0.2) is 0 Å². The van der Waals surface area contributed by atoms with Gasteiger partial charge in [0.05, 0.1) is 0 Å². The first-order chi connectivity index (χ1) is 8.72. The first kappa shape index (κ1) is 15.9. The van der Waals surface area contributed by atoms with Crippen molar-refractivity contribution in [3.05, 3.63) is 0 Å². The predicted molar refractivity (Wildman–Crippen MR) is 80.2 cm³/mol. The van der Waals surface area contributed by atoms with E-state index in [9.17, 15) is 0 Å². The maximum atomic E-state index is 3.75. The summed E-state index contributed by atoms with van der Waals surface area (Å²) in [5.41, 5.74) is 0. The lowest BCUT2D eigenvalue weighted by molar-refractivity contribution is 0.282. The van der Waals surface area contributed by atoms with Crippen LogP contribution < -0.4 is 5.32 Å². The Balaban J connectivity index is 2.04. The van der Waals surface area contributed by atoms with Crippen LogP contribution in [0.1, 0.15) is 45.4 Å². The third-order valence-electron chi connectivity index (χ3n) is 3.83. The third-order valence-corrected chi connectivity index (χ3v) is 3.83. The summed E-state index contributed by atoms with van der Waals surface area (Å²) in [7, 11) is 4.31. The normalized spacial score (nSPS) is 22.3. The molecular formula is C15H33N3. The minimum Gasteiger partial charge on any atom is -0.314 e. The van der Waals surface area contributed by atoms with Gasteiger partial charge >= 0.3 is 0 Å². The Morgan fingerprint density at radius 3 is 2.72 bits per heavy atom. The predicted octanol–water partition coefficient (Wildman–Crippen LogP) is 2.18. The highest BCUT2D eigenvalue weighted by atomic mass is 15.1. The van der Waals surface area contributed by atoms with Crippen LogP contribution in [0.3, 0.4) is 0 Å². The summed E-state index contributed by atoms with van der Waals surface area (Å²) in [5, 5.41) is 3.75. The summed E-state index contributed by atoms with van der Waals surface area (Å²) in [6.45, 7) is 8.60. The molecule has 1 rings (SSSR count). The quantitative estimate of drug-likeness (QED) is 0.671. The number of nitrogens with one attached hydrogen (secondary N) is 1. The van der Waals surface area contributed by atoms with Gasteiger partial charge < -0.3 is 15.1 Å². The van der Waals surface area contributed by atoms with E-state index in [0.29, 0.717) is 0 Å². The van der Waals surface area contributed by atoms with Crippen LogP contribution >= 0.6 is 0 Å². The molecule has 0 aromatic rings. The Morgan fingerprint density at radius 2 is 2.00 bits per heavy atom. The average molecular weight is 255 g/mol. The van der Waals surface area contributed by atoms with Crippen LogP contribution in [-0.4, -0.2) is 62.7 Å². The minimum absolute atomic E-state index is 0.770. The molecule has 0 aromatic carbocycles. The molecular weight excluding hydrogens is 222 g/mol. The van der Waals surface area contributed by atoms with Crippen molar-refractivity contribution in [3.63, 3.8) is 0 Å². The molecule has 3 nitrogen and oxygen atoms in total. The van der Waals surface area contributed by atoms with Gasteiger partial charge in [0.1, 0.15) is 0 Å². The van der Waals surface area contributed by atoms with E-state index < -0.39 is 0 Å². The summed E-state index contributed by atoms with van der Waals surface area (Å²) < 4.78 is 0. The van der Waals surface area contributed by atoms with Gasteiger partial charge in [-0.3, -0.25) is 0 Å². The molecule has 1 unspecified atom stereocenters. The lowest BCUT2D eigenvalue weighted by atomic mass is 10.1. The van der Waals surface area contributed by atoms with Crippen molar-refractivity contribution in [2.24, 2.45) is 0 Å². The average Bonchev–Trinajstić information content (AvgIpc) is 2.55. The van der Waals surface area contributed by atoms with Crippen LogP contribution in [0.2, 0.25) is 0 Å². The fourth-order valence-electron chi connectivity index (χ4n) is 2.76. The molecule has 1 heterocycles. The SMILES string of the molecule is CCCN1CCCC(NCCCCN(C)C)CC1. The molecule has 1 saturated heterocycles. The van der Waals surface area contributed by atoms with Crippen molar-refractivity contribution in [3.8, 4) is 0 Å². The highest BCUT2D eigenvalue weighted by Gasteiger charge is 2.15. The Morgan fingerprint density at radius 1 is 1.17 bits per heavy atom. The molecule has 0 aromatic heterocycles. The zero-order chi connectivity index (χ0) is 13.2. The van der Waals surface area contributed by atoms with Gasteiger partial charge in [0.2, 0.25) is 0 Å². The topological polar surface area (TPSA) is 18.5 Å². The third kappa shape index (κ3) is 7.34. The second-order valence-electron chi connectivity index (χ2n) is 5.93. The number of hydrogen-bond donors (Lipinski definition) is 1. The highest BCUT2D eigenvalue weighted by molar-refractivity contribution is 4.74. The van der Waals surface area contributed by atoms with Gasteiger partial charge in [-0.05, 0) is 85.3 Å². The monoisotopic (exact) mass is 255 g/mol. The van der Waals surface area contributed by atoms with Gasteiger partial charge in [0.25, 0.3) is 0 Å². The van der Waals surface area contributed by atoms with E-state index >= 15 is 0 Å². The zero-order valence-corrected chi connectivity index (χ0v) is 12.7. The van der Waals surface area contributed by atoms with E-state index in [0.717, 1.165) is 6.04 Å². The standard InChI is InChI=1S/C15H33N3/c1-4-11-18-13-7-8-15(9-14-18)16-10-5-6-12-17(2)3/h15-16H,4-14H2,1-3H3. The van der Waals surface area contributed by atoms with Crippen molar-refractivity contribution < 1.29 is 0 Å². The van der Waals surface area contributed by atoms with Gasteiger partial charge in [0.15, 0.2) is 0 Å². The summed E-state index contributed by atoms with van der Waals surface area (Å²) in [6, 6.07) is 0.770. The van der Waals surface area contributed by atoms with Gasteiger partial charge in [-0.1, -0.05) is 6.92 Å². The van der Waals surface area contributed by atoms with Gasteiger partial charge in [-0.15, -0.1) is 0 Å². The van der Waals surface area contributed by atoms with Gasteiger partial charge in [0, 0.05) is 6.04 Å². The Bertz CT molecular complexity index is 194. The van der Waals surface area contributed by atoms with Crippen molar-refractivity contribution in [2.45, 2.75) is 51.5 Å². The number of unbranched alkanes of at least 4 members (excludes halogenated alkanes) is 1. The first-order valence-corrected chi connectivity index (χ1v) is 7.83. The second-order valence-corrected chi connectivity index (χ2v) is 5.93. The molecule has 0 saturated carbocycles. The summed E-state index contributed by atoms with van der Waals surface area (Å²) in [6.07, 6.45) is 8.00. The van der Waals surface area contributed by atoms with E-state index in [4.69, 9.17) is 0 Å². The molecule has 0 spiro atoms. The smallest absolute Gasteiger partial charge is 0.00797 e. The molecule has 18 heavy (non-hydrogen) atoms. The number of likely N-dealkylation sites (tertiary alicyclic amines) is 1. The molecule has 1 fully saturated rings. The number of rotatable bonds is 8. The summed E-state index contributed by atoms with van der Waals surface area (Å²) >= 11 is 0. The molecule has 0 amide bonds. The Hall–Kier alpha value is -0.120. The van der Waals surface area contributed by atoms with E-state index in [1.165, 1.54) is 71.2 Å². The van der Waals surface area contributed by atoms with E-state index in [1.807, 2.05) is 0 Å². The molecule has 3 heteroatoms. The number of hydrogen-bond acceptors (Lipinski definition) is 3. The molecule has 108 valence electrons. The molecule has 1 aliphatic heterocycles. The summed E-state index contributed by atoms with van der Waals surface area (Å²) in [5.74, 6) is 0. The van der Waals surface area contributed by atoms with Crippen molar-refractivity contribution >= 4 is 0 Å². The first-order valence-electron chi connectivity index (χ1n) is 7.83. The van der Waals surface area contributed by atoms with Crippen molar-refractivity contribution in [1.29, 1.82) is 0 Å². The van der Waals surface area contributed by atoms with Crippen LogP contribution in [0.5, 0.6) is 0 Å². The van der Waals surface area contributed by atoms with Crippen molar-refractivity contribution in [2.75, 3.05) is 46.8 Å². The van der Waals surface area contributed by atoms with Crippen LogP contribution in [0.4, 0.5) is 0 Å². The Kier molecular flexibility index (Phi) is 8.64. The molecule has 0 bridgehead atoms. The fourth-order valence-corrected chi connectivity index (χ4v) is 2.76. The second kappa shape index (κ2) is 9.76. The Labute approximate surface area is 114 Å². The maximum Gasteiger partial charge on any atom is 0.00797 e. The lowest BCUT2D eigenvalue weighted by Crippen LogP contribution is -2.32. The summed E-state index contributed by atoms with van der Waals surface area (Å²) in [4.78, 5) is 4.90. The minimum atomic E-state index is 0.770. The van der Waals surface area contributed by atoms with E-state index in [2.05, 4.69) is 36.1 Å². The maximum absolute atomic E-state index is 3.75. The van der Waals surface area contributed by atoms with E-state index in [1.54, 1.807) is 0 Å². The van der Waals surface area contributed by atoms with Gasteiger partial charge in [-0.2, -0.15) is 0 Å². The lowest BCUT2D eigenvalue weighted by Gasteiger charge is -2.19. The largest absolute Gasteiger partial charge is 0.314 e. The molecule has 1 aliphatic rings. The van der Waals surface area contributed by atoms with Crippen LogP contribution in [0.15, 0.2) is 0 Å². The van der Waals surface area contributed by atoms with Crippen LogP contribution in [0, 0.1) is 0 Å². The van der Waals surface area contributed by atoms with Crippen LogP contribution in [-0.2, 0) is 0 Å².